The van der Waals surface area contributed by atoms with Gasteiger partial charge in [-0.3, -0.25) is 0 Å². The summed E-state index contributed by atoms with van der Waals surface area (Å²) in [6.07, 6.45) is -0.840. The fourth-order valence-corrected chi connectivity index (χ4v) is 4.54. The van der Waals surface area contributed by atoms with E-state index in [1.807, 2.05) is 0 Å². The zero-order valence-corrected chi connectivity index (χ0v) is 14.5. The molecule has 0 N–H and O–H groups in total. The molecule has 24 heavy (non-hydrogen) atoms. The molecule has 1 saturated heterocycles. The molecule has 0 saturated carbocycles. The van der Waals surface area contributed by atoms with Crippen molar-refractivity contribution < 1.29 is 0 Å². The molecule has 1 atom stereocenters. The Morgan fingerprint density at radius 3 is 1.75 bits per heavy atom. The summed E-state index contributed by atoms with van der Waals surface area (Å²) in [6.45, 7) is 2.60. The Kier molecular flexibility index (Phi) is 10.3. The first-order valence-electron chi connectivity index (χ1n) is 8.54. The van der Waals surface area contributed by atoms with Crippen LogP contribution in [0.3, 0.4) is 0 Å². The van der Waals surface area contributed by atoms with Gasteiger partial charge >= 0.3 is 0 Å². The molecule has 20 radical (unpaired) electrons. The summed E-state index contributed by atoms with van der Waals surface area (Å²) >= 11 is 0. The lowest BCUT2D eigenvalue weighted by atomic mass is 8.52. The molecular formula is C4H8B20. The maximum absolute atomic E-state index is 6.10. The van der Waals surface area contributed by atoms with Gasteiger partial charge in [0.15, 0.2) is 0 Å². The van der Waals surface area contributed by atoms with Gasteiger partial charge in [-0.1, -0.05) is 19.1 Å². The van der Waals surface area contributed by atoms with E-state index in [-0.39, 0.29) is 38.7 Å². The van der Waals surface area contributed by atoms with E-state index in [9.17, 15) is 0 Å². The molecule has 1 fully saturated rings. The van der Waals surface area contributed by atoms with Crippen LogP contribution in [0.1, 0.15) is 6.92 Å². The van der Waals surface area contributed by atoms with Crippen molar-refractivity contribution in [3.63, 3.8) is 0 Å². The molecule has 1 aliphatic rings. The van der Waals surface area contributed by atoms with Gasteiger partial charge in [-0.2, -0.15) is 0 Å². The Bertz CT molecular complexity index is 356. The van der Waals surface area contributed by atoms with Gasteiger partial charge in [0.05, 0.1) is 13.2 Å². The second-order valence-electron chi connectivity index (χ2n) is 7.30. The minimum atomic E-state index is -0.618. The maximum Gasteiger partial charge on any atom is 0.0847 e. The van der Waals surface area contributed by atoms with E-state index in [4.69, 9.17) is 69.6 Å². The summed E-state index contributed by atoms with van der Waals surface area (Å²) in [7, 11) is 56.2. The molecule has 0 unspecified atom stereocenters. The SMILES string of the molecule is [B][B]B([B])B(B([B])[B])B1CB(B(B([B])[B])B([B][B])B([B])[B])[C@@H](C)C1. The molecule has 1 aliphatic heterocycles. The van der Waals surface area contributed by atoms with E-state index in [0.717, 1.165) is 12.5 Å². The zero-order valence-electron chi connectivity index (χ0n) is 14.5. The van der Waals surface area contributed by atoms with Crippen molar-refractivity contribution in [2.24, 2.45) is 0 Å². The van der Waals surface area contributed by atoms with Gasteiger partial charge in [-0.25, -0.2) is 0 Å². The lowest BCUT2D eigenvalue weighted by Crippen LogP contribution is -2.69. The second kappa shape index (κ2) is 10.6. The molecule has 0 nitrogen and oxygen atoms in total. The molecule has 0 aromatic heterocycles. The van der Waals surface area contributed by atoms with Crippen molar-refractivity contribution in [3.05, 3.63) is 0 Å². The Morgan fingerprint density at radius 1 is 0.833 bits per heavy atom. The monoisotopic (exact) mass is 276 g/mol. The van der Waals surface area contributed by atoms with Crippen LogP contribution >= 0.6 is 0 Å². The Hall–Kier alpha value is 1.30. The Balaban J connectivity index is 3.00. The van der Waals surface area contributed by atoms with Crippen LogP contribution in [0.4, 0.5) is 0 Å². The van der Waals surface area contributed by atoms with E-state index in [1.54, 1.807) is 0 Å². The molecule has 0 aliphatic carbocycles. The van der Waals surface area contributed by atoms with Gasteiger partial charge in [0, 0.05) is 128 Å². The van der Waals surface area contributed by atoms with Crippen molar-refractivity contribution in [3.8, 4) is 0 Å². The van der Waals surface area contributed by atoms with Crippen LogP contribution in [0.5, 0.6) is 0 Å². The van der Waals surface area contributed by atoms with Crippen LogP contribution in [0, 0.1) is 0 Å². The van der Waals surface area contributed by atoms with Gasteiger partial charge in [0.1, 0.15) is 0 Å². The molecule has 0 bridgehead atoms. The van der Waals surface area contributed by atoms with E-state index in [1.165, 1.54) is 14.1 Å². The maximum atomic E-state index is 6.10. The summed E-state index contributed by atoms with van der Waals surface area (Å²) in [5, 5.41) is 0. The predicted molar refractivity (Wildman–Crippen MR) is 134 cm³/mol. The highest BCUT2D eigenvalue weighted by atomic mass is 13.9. The average molecular weight is 272 g/mol. The molecular weight excluding hydrogens is 264 g/mol. The van der Waals surface area contributed by atoms with Crippen molar-refractivity contribution in [1.29, 1.82) is 0 Å². The fourth-order valence-electron chi connectivity index (χ4n) is 4.54. The number of rotatable bonds is 9. The van der Waals surface area contributed by atoms with Crippen molar-refractivity contribution >= 4 is 142 Å². The highest BCUT2D eigenvalue weighted by Gasteiger charge is 2.48. The quantitative estimate of drug-likeness (QED) is 0.367. The van der Waals surface area contributed by atoms with Crippen LogP contribution in [0.25, 0.3) is 0 Å². The van der Waals surface area contributed by atoms with Gasteiger partial charge in [-0.05, 0) is 0 Å². The molecule has 1 rings (SSSR count). The Labute approximate surface area is 166 Å². The van der Waals surface area contributed by atoms with Gasteiger partial charge in [0.2, 0.25) is 0 Å². The van der Waals surface area contributed by atoms with E-state index >= 15 is 0 Å². The highest BCUT2D eigenvalue weighted by Crippen LogP contribution is 2.34. The third-order valence-electron chi connectivity index (χ3n) is 5.69. The zero-order chi connectivity index (χ0) is 18.6. The third-order valence-corrected chi connectivity index (χ3v) is 5.69. The minimum Gasteiger partial charge on any atom is -0.109 e. The highest BCUT2D eigenvalue weighted by molar-refractivity contribution is 8.04. The van der Waals surface area contributed by atoms with E-state index < -0.39 is 19.2 Å². The summed E-state index contributed by atoms with van der Waals surface area (Å²) in [4.78, 5) is 0. The lowest BCUT2D eigenvalue weighted by Gasteiger charge is -2.34. The fraction of sp³-hybridized carbons (Fsp3) is 1.00. The topological polar surface area (TPSA) is 0 Å². The van der Waals surface area contributed by atoms with Crippen LogP contribution in [-0.4, -0.2) is 142 Å². The standard InChI is InChI=1S/C4H8B20/c1-4-2-16(23(19(9)10)21(13)14-5)3-17(4)24(20(11)12)22(15-6)18(7)8/h4H,2-3H2,1H3/t4-/m0/s1. The smallest absolute Gasteiger partial charge is 0.0847 e. The normalized spacial score (nSPS) is 16.3. The molecule has 1 heterocycles. The van der Waals surface area contributed by atoms with Crippen molar-refractivity contribution in [2.75, 3.05) is 0 Å². The molecule has 0 amide bonds. The van der Waals surface area contributed by atoms with E-state index in [2.05, 4.69) is 6.92 Å². The first-order chi connectivity index (χ1) is 11.1. The summed E-state index contributed by atoms with van der Waals surface area (Å²) < 4.78 is 0. The van der Waals surface area contributed by atoms with Crippen LogP contribution in [-0.2, 0) is 0 Å². The molecule has 0 aromatic carbocycles. The number of hydrogen-bond acceptors (Lipinski definition) is 0. The lowest BCUT2D eigenvalue weighted by molar-refractivity contribution is 1.06. The van der Waals surface area contributed by atoms with Crippen LogP contribution in [0.2, 0.25) is 18.4 Å². The minimum absolute atomic E-state index is 0.107. The van der Waals surface area contributed by atoms with Crippen LogP contribution < -0.4 is 0 Å². The summed E-state index contributed by atoms with van der Waals surface area (Å²) in [6, 6.07) is 0. The third kappa shape index (κ3) is 5.65. The first-order valence-corrected chi connectivity index (χ1v) is 8.54. The predicted octanol–water partition coefficient (Wildman–Crippen LogP) is -5.84. The van der Waals surface area contributed by atoms with Gasteiger partial charge in [0.25, 0.3) is 0 Å². The van der Waals surface area contributed by atoms with Crippen molar-refractivity contribution in [1.82, 2.24) is 0 Å². The first kappa shape index (κ1) is 23.3. The molecule has 84 valence electrons. The largest absolute Gasteiger partial charge is 0.109 e. The molecule has 0 aromatic rings. The Morgan fingerprint density at radius 2 is 1.38 bits per heavy atom. The summed E-state index contributed by atoms with van der Waals surface area (Å²) in [5.74, 6) is 0.349. The second-order valence-corrected chi connectivity index (χ2v) is 7.30. The molecule has 0 spiro atoms. The van der Waals surface area contributed by atoms with E-state index in [0.29, 0.717) is 5.82 Å². The molecule has 20 heteroatoms. The number of hydrogen-bond donors (Lipinski definition) is 0. The van der Waals surface area contributed by atoms with Gasteiger partial charge < -0.3 is 0 Å². The average Bonchev–Trinajstić information content (AvgIpc) is 2.84. The van der Waals surface area contributed by atoms with Crippen molar-refractivity contribution in [2.45, 2.75) is 25.3 Å². The van der Waals surface area contributed by atoms with Gasteiger partial charge in [-0.15, -0.1) is 6.22 Å². The summed E-state index contributed by atoms with van der Waals surface area (Å²) in [5.41, 5.74) is 0. The van der Waals surface area contributed by atoms with Crippen LogP contribution in [0.15, 0.2) is 0 Å².